The first-order chi connectivity index (χ1) is 7.02. The zero-order valence-electron chi connectivity index (χ0n) is 9.73. The molecule has 1 aliphatic rings. The van der Waals surface area contributed by atoms with Crippen molar-refractivity contribution in [2.75, 3.05) is 6.54 Å². The molecule has 0 aromatic carbocycles. The molecule has 0 spiro atoms. The predicted molar refractivity (Wildman–Crippen MR) is 63.7 cm³/mol. The standard InChI is InChI=1S/C10H19N3OS/c1-8(2)13(9(3)4)10(14)7-12-5-6-15-11-12/h5-6,8-9,11H,7H2,1-4H3. The largest absolute Gasteiger partial charge is 0.336 e. The Morgan fingerprint density at radius 1 is 1.40 bits per heavy atom. The molecule has 1 N–H and O–H groups in total. The molecule has 0 aromatic heterocycles. The topological polar surface area (TPSA) is 35.6 Å². The van der Waals surface area contributed by atoms with Crippen molar-refractivity contribution in [3.8, 4) is 0 Å². The molecular formula is C10H19N3OS. The van der Waals surface area contributed by atoms with Crippen LogP contribution in [0, 0.1) is 0 Å². The Morgan fingerprint density at radius 3 is 2.40 bits per heavy atom. The molecule has 0 aliphatic carbocycles. The number of amides is 1. The molecule has 0 saturated carbocycles. The molecule has 0 bridgehead atoms. The van der Waals surface area contributed by atoms with E-state index < -0.39 is 0 Å². The summed E-state index contributed by atoms with van der Waals surface area (Å²) in [6, 6.07) is 0.494. The molecule has 0 saturated heterocycles. The molecule has 86 valence electrons. The van der Waals surface area contributed by atoms with Crippen LogP contribution in [0.4, 0.5) is 0 Å². The summed E-state index contributed by atoms with van der Waals surface area (Å²) < 4.78 is 0. The second kappa shape index (κ2) is 5.42. The lowest BCUT2D eigenvalue weighted by atomic mass is 10.2. The summed E-state index contributed by atoms with van der Waals surface area (Å²) in [6.07, 6.45) is 1.88. The van der Waals surface area contributed by atoms with E-state index in [-0.39, 0.29) is 18.0 Å². The van der Waals surface area contributed by atoms with Crippen LogP contribution in [-0.2, 0) is 4.79 Å². The first-order valence-electron chi connectivity index (χ1n) is 5.18. The van der Waals surface area contributed by atoms with Crippen LogP contribution >= 0.6 is 11.9 Å². The van der Waals surface area contributed by atoms with E-state index in [9.17, 15) is 4.79 Å². The molecule has 0 atom stereocenters. The molecule has 0 fully saturated rings. The lowest BCUT2D eigenvalue weighted by Gasteiger charge is -2.32. The zero-order valence-corrected chi connectivity index (χ0v) is 10.5. The van der Waals surface area contributed by atoms with Crippen LogP contribution in [0.3, 0.4) is 0 Å². The first kappa shape index (κ1) is 12.4. The molecule has 1 rings (SSSR count). The van der Waals surface area contributed by atoms with Crippen LogP contribution in [0.5, 0.6) is 0 Å². The minimum atomic E-state index is 0.152. The lowest BCUT2D eigenvalue weighted by molar-refractivity contribution is -0.135. The Labute approximate surface area is 95.8 Å². The third-order valence-corrected chi connectivity index (χ3v) is 2.78. The number of hydrogen-bond donors (Lipinski definition) is 1. The van der Waals surface area contributed by atoms with E-state index in [0.29, 0.717) is 6.54 Å². The number of hydrogen-bond acceptors (Lipinski definition) is 4. The van der Waals surface area contributed by atoms with Gasteiger partial charge in [-0.25, -0.2) is 0 Å². The van der Waals surface area contributed by atoms with Crippen LogP contribution in [0.2, 0.25) is 0 Å². The molecule has 0 unspecified atom stereocenters. The summed E-state index contributed by atoms with van der Waals surface area (Å²) in [5.74, 6) is 0.152. The van der Waals surface area contributed by atoms with Crippen LogP contribution in [0.1, 0.15) is 27.7 Å². The van der Waals surface area contributed by atoms with E-state index in [1.165, 1.54) is 11.9 Å². The molecule has 15 heavy (non-hydrogen) atoms. The van der Waals surface area contributed by atoms with Crippen molar-refractivity contribution >= 4 is 17.9 Å². The minimum absolute atomic E-state index is 0.152. The Morgan fingerprint density at radius 2 is 2.00 bits per heavy atom. The van der Waals surface area contributed by atoms with Gasteiger partial charge in [0.2, 0.25) is 5.91 Å². The van der Waals surface area contributed by atoms with Crippen LogP contribution in [0.15, 0.2) is 11.6 Å². The summed E-state index contributed by atoms with van der Waals surface area (Å²) in [4.78, 5) is 16.9. The zero-order chi connectivity index (χ0) is 11.4. The number of nitrogens with one attached hydrogen (secondary N) is 1. The van der Waals surface area contributed by atoms with Crippen molar-refractivity contribution in [2.45, 2.75) is 39.8 Å². The highest BCUT2D eigenvalue weighted by Gasteiger charge is 2.21. The van der Waals surface area contributed by atoms with E-state index in [0.717, 1.165) is 0 Å². The van der Waals surface area contributed by atoms with Gasteiger partial charge in [-0.3, -0.25) is 9.80 Å². The molecule has 1 amide bonds. The van der Waals surface area contributed by atoms with Gasteiger partial charge in [0, 0.05) is 23.7 Å². The number of carbonyl (C=O) groups excluding carboxylic acids is 1. The smallest absolute Gasteiger partial charge is 0.244 e. The van der Waals surface area contributed by atoms with Gasteiger partial charge in [0.05, 0.1) is 0 Å². The Bertz CT molecular complexity index is 245. The fourth-order valence-corrected chi connectivity index (χ4v) is 2.25. The summed E-state index contributed by atoms with van der Waals surface area (Å²) in [6.45, 7) is 8.56. The van der Waals surface area contributed by atoms with Gasteiger partial charge in [0.25, 0.3) is 0 Å². The summed E-state index contributed by atoms with van der Waals surface area (Å²) in [5.41, 5.74) is 0. The summed E-state index contributed by atoms with van der Waals surface area (Å²) >= 11 is 1.48. The van der Waals surface area contributed by atoms with Crippen molar-refractivity contribution in [2.24, 2.45) is 0 Å². The van der Waals surface area contributed by atoms with Crippen molar-refractivity contribution < 1.29 is 4.79 Å². The lowest BCUT2D eigenvalue weighted by Crippen LogP contribution is -2.47. The normalized spacial score (nSPS) is 15.5. The average Bonchev–Trinajstić information content (AvgIpc) is 2.54. The molecule has 0 radical (unpaired) electrons. The van der Waals surface area contributed by atoms with Crippen molar-refractivity contribution in [1.82, 2.24) is 14.7 Å². The highest BCUT2D eigenvalue weighted by molar-refractivity contribution is 8.00. The minimum Gasteiger partial charge on any atom is -0.336 e. The van der Waals surface area contributed by atoms with Crippen molar-refractivity contribution in [1.29, 1.82) is 0 Å². The SMILES string of the molecule is CC(C)N(C(=O)CN1C=CSN1)C(C)C. The second-order valence-corrected chi connectivity index (χ2v) is 4.80. The Balaban J connectivity index is 2.52. The quantitative estimate of drug-likeness (QED) is 0.742. The number of carbonyl (C=O) groups is 1. The summed E-state index contributed by atoms with van der Waals surface area (Å²) in [7, 11) is 0. The maximum Gasteiger partial charge on any atom is 0.244 e. The third-order valence-electron chi connectivity index (χ3n) is 2.19. The van der Waals surface area contributed by atoms with E-state index in [4.69, 9.17) is 0 Å². The average molecular weight is 229 g/mol. The van der Waals surface area contributed by atoms with Crippen LogP contribution in [-0.4, -0.2) is 34.4 Å². The van der Waals surface area contributed by atoms with Gasteiger partial charge in [-0.05, 0) is 39.6 Å². The molecule has 0 aromatic rings. The number of rotatable bonds is 4. The van der Waals surface area contributed by atoms with E-state index in [1.54, 1.807) is 5.01 Å². The summed E-state index contributed by atoms with van der Waals surface area (Å²) in [5, 5.41) is 3.72. The predicted octanol–water partition coefficient (Wildman–Crippen LogP) is 1.57. The number of hydrazine groups is 1. The van der Waals surface area contributed by atoms with Gasteiger partial charge >= 0.3 is 0 Å². The maximum absolute atomic E-state index is 12.0. The highest BCUT2D eigenvalue weighted by Crippen LogP contribution is 2.10. The van der Waals surface area contributed by atoms with Crippen molar-refractivity contribution in [3.63, 3.8) is 0 Å². The van der Waals surface area contributed by atoms with Gasteiger partial charge in [0.15, 0.2) is 0 Å². The van der Waals surface area contributed by atoms with Crippen LogP contribution < -0.4 is 4.83 Å². The molecule has 5 heteroatoms. The van der Waals surface area contributed by atoms with Gasteiger partial charge in [0.1, 0.15) is 6.54 Å². The first-order valence-corrected chi connectivity index (χ1v) is 6.06. The van der Waals surface area contributed by atoms with E-state index in [1.807, 2.05) is 44.2 Å². The fourth-order valence-electron chi connectivity index (χ4n) is 1.72. The Kier molecular flexibility index (Phi) is 4.47. The van der Waals surface area contributed by atoms with E-state index in [2.05, 4.69) is 4.83 Å². The Hall–Kier alpha value is -0.680. The van der Waals surface area contributed by atoms with Crippen molar-refractivity contribution in [3.05, 3.63) is 11.6 Å². The second-order valence-electron chi connectivity index (χ2n) is 4.11. The monoisotopic (exact) mass is 229 g/mol. The molecule has 4 nitrogen and oxygen atoms in total. The number of nitrogens with zero attached hydrogens (tertiary/aromatic N) is 2. The van der Waals surface area contributed by atoms with Gasteiger partial charge < -0.3 is 4.90 Å². The highest BCUT2D eigenvalue weighted by atomic mass is 32.2. The van der Waals surface area contributed by atoms with Crippen LogP contribution in [0.25, 0.3) is 0 Å². The van der Waals surface area contributed by atoms with Gasteiger partial charge in [-0.1, -0.05) is 0 Å². The molecule has 1 aliphatic heterocycles. The third kappa shape index (κ3) is 3.43. The van der Waals surface area contributed by atoms with E-state index >= 15 is 0 Å². The molecular weight excluding hydrogens is 210 g/mol. The fraction of sp³-hybridized carbons (Fsp3) is 0.700. The van der Waals surface area contributed by atoms with Gasteiger partial charge in [-0.15, -0.1) is 0 Å². The maximum atomic E-state index is 12.0. The molecule has 1 heterocycles. The van der Waals surface area contributed by atoms with Gasteiger partial charge in [-0.2, -0.15) is 4.83 Å².